The fraction of sp³-hybridized carbons (Fsp3) is 0.714. The highest BCUT2D eigenvalue weighted by atomic mass is 16.7. The predicted molar refractivity (Wildman–Crippen MR) is 147 cm³/mol. The number of hydroxylamine groups is 4. The van der Waals surface area contributed by atoms with Crippen molar-refractivity contribution in [2.24, 2.45) is 0 Å². The van der Waals surface area contributed by atoms with Gasteiger partial charge in [-0.2, -0.15) is 0 Å². The zero-order chi connectivity index (χ0) is 30.5. The van der Waals surface area contributed by atoms with E-state index in [9.17, 15) is 19.2 Å². The summed E-state index contributed by atoms with van der Waals surface area (Å²) >= 11 is 0. The first kappa shape index (κ1) is 33.4. The largest absolute Gasteiger partial charge is 0.464 e. The van der Waals surface area contributed by atoms with Crippen LogP contribution in [0, 0.1) is 0 Å². The summed E-state index contributed by atoms with van der Waals surface area (Å²) in [6.45, 7) is 21.7. The van der Waals surface area contributed by atoms with Crippen molar-refractivity contribution in [3.05, 3.63) is 25.3 Å². The number of esters is 2. The third-order valence-corrected chi connectivity index (χ3v) is 7.15. The molecule has 0 spiro atoms. The number of rotatable bonds is 15. The standard InChI is InChI=1S/C28H46N4O8/c1-11-15-39-31-25(3,4)23(35)29(27(31,7)8)19-21(33)37-17-13-14-18-38-22(34)20-30-24(36)26(5,6)32(28(30,9)10)40-16-12-2/h11-12H,1-2,13-20H2,3-10H3. The first-order valence-electron chi connectivity index (χ1n) is 13.5. The van der Waals surface area contributed by atoms with Crippen LogP contribution >= 0.6 is 0 Å². The van der Waals surface area contributed by atoms with Crippen molar-refractivity contribution < 1.29 is 38.3 Å². The molecule has 0 radical (unpaired) electrons. The molecule has 2 saturated heterocycles. The molecule has 2 aliphatic heterocycles. The van der Waals surface area contributed by atoms with Crippen LogP contribution in [0.2, 0.25) is 0 Å². The van der Waals surface area contributed by atoms with Crippen LogP contribution in [-0.2, 0) is 38.3 Å². The summed E-state index contributed by atoms with van der Waals surface area (Å²) in [6.07, 6.45) is 4.10. The van der Waals surface area contributed by atoms with E-state index in [0.717, 1.165) is 0 Å². The minimum atomic E-state index is -0.960. The molecule has 0 unspecified atom stereocenters. The first-order chi connectivity index (χ1) is 18.5. The molecule has 0 aromatic rings. The summed E-state index contributed by atoms with van der Waals surface area (Å²) in [4.78, 5) is 65.3. The van der Waals surface area contributed by atoms with Crippen molar-refractivity contribution in [2.45, 2.75) is 90.6 Å². The van der Waals surface area contributed by atoms with E-state index in [1.807, 2.05) is 0 Å². The Balaban J connectivity index is 1.77. The van der Waals surface area contributed by atoms with Crippen LogP contribution in [0.25, 0.3) is 0 Å². The number of carbonyl (C=O) groups is 4. The van der Waals surface area contributed by atoms with Crippen LogP contribution in [-0.4, -0.2) is 106 Å². The van der Waals surface area contributed by atoms with E-state index in [4.69, 9.17) is 19.1 Å². The second-order valence-electron chi connectivity index (χ2n) is 11.8. The van der Waals surface area contributed by atoms with Crippen LogP contribution in [0.1, 0.15) is 68.2 Å². The zero-order valence-corrected chi connectivity index (χ0v) is 25.3. The summed E-state index contributed by atoms with van der Waals surface area (Å²) in [6, 6.07) is 0. The fourth-order valence-electron chi connectivity index (χ4n) is 5.27. The third kappa shape index (κ3) is 6.73. The highest BCUT2D eigenvalue weighted by Gasteiger charge is 2.59. The Morgan fingerprint density at radius 2 is 1.00 bits per heavy atom. The molecule has 2 rings (SSSR count). The Labute approximate surface area is 237 Å². The Hall–Kier alpha value is -2.80. The number of hydrogen-bond donors (Lipinski definition) is 0. The van der Waals surface area contributed by atoms with E-state index in [1.54, 1.807) is 77.7 Å². The summed E-state index contributed by atoms with van der Waals surface area (Å²) in [5.74, 6) is -1.58. The molecule has 0 N–H and O–H groups in total. The van der Waals surface area contributed by atoms with E-state index in [2.05, 4.69) is 13.2 Å². The maximum atomic E-state index is 13.0. The van der Waals surface area contributed by atoms with Crippen molar-refractivity contribution in [1.29, 1.82) is 0 Å². The molecule has 0 atom stereocenters. The molecule has 40 heavy (non-hydrogen) atoms. The van der Waals surface area contributed by atoms with Gasteiger partial charge in [0.25, 0.3) is 0 Å². The molecule has 2 fully saturated rings. The van der Waals surface area contributed by atoms with Crippen molar-refractivity contribution >= 4 is 23.8 Å². The van der Waals surface area contributed by atoms with Gasteiger partial charge >= 0.3 is 11.9 Å². The average molecular weight is 567 g/mol. The fourth-order valence-corrected chi connectivity index (χ4v) is 5.27. The van der Waals surface area contributed by atoms with Crippen molar-refractivity contribution in [1.82, 2.24) is 19.9 Å². The Kier molecular flexibility index (Phi) is 10.7. The molecule has 12 nitrogen and oxygen atoms in total. The lowest BCUT2D eigenvalue weighted by Gasteiger charge is -2.38. The van der Waals surface area contributed by atoms with Gasteiger partial charge in [0.2, 0.25) is 11.8 Å². The van der Waals surface area contributed by atoms with E-state index in [0.29, 0.717) is 12.8 Å². The van der Waals surface area contributed by atoms with Gasteiger partial charge in [0, 0.05) is 0 Å². The van der Waals surface area contributed by atoms with E-state index >= 15 is 0 Å². The molecular weight excluding hydrogens is 520 g/mol. The second-order valence-corrected chi connectivity index (χ2v) is 11.8. The minimum Gasteiger partial charge on any atom is -0.464 e. The van der Waals surface area contributed by atoms with Gasteiger partial charge in [0.1, 0.15) is 35.5 Å². The van der Waals surface area contributed by atoms with Crippen LogP contribution in [0.15, 0.2) is 25.3 Å². The smallest absolute Gasteiger partial charge is 0.325 e. The molecule has 0 aromatic heterocycles. The SMILES string of the molecule is C=CCON1C(C)(C)C(=O)N(CC(=O)OCCCCOC(=O)CN2C(=O)C(C)(C)N(OCC=C)C2(C)C)C1(C)C. The average Bonchev–Trinajstić information content (AvgIpc) is 3.06. The molecule has 0 saturated carbocycles. The van der Waals surface area contributed by atoms with Gasteiger partial charge in [-0.1, -0.05) is 12.2 Å². The van der Waals surface area contributed by atoms with Crippen LogP contribution in [0.5, 0.6) is 0 Å². The number of nitrogens with zero attached hydrogens (tertiary/aromatic N) is 4. The van der Waals surface area contributed by atoms with E-state index in [-0.39, 0.29) is 51.3 Å². The Bertz CT molecular complexity index is 913. The molecule has 2 heterocycles. The number of amides is 2. The van der Waals surface area contributed by atoms with Gasteiger partial charge in [-0.3, -0.25) is 28.9 Å². The molecule has 2 amide bonds. The summed E-state index contributed by atoms with van der Waals surface area (Å²) in [5.41, 5.74) is -3.66. The number of hydrogen-bond acceptors (Lipinski definition) is 10. The van der Waals surface area contributed by atoms with Gasteiger partial charge in [-0.25, -0.2) is 0 Å². The maximum Gasteiger partial charge on any atom is 0.325 e. The monoisotopic (exact) mass is 566 g/mol. The van der Waals surface area contributed by atoms with E-state index < -0.39 is 34.3 Å². The minimum absolute atomic E-state index is 0.111. The predicted octanol–water partition coefficient (Wildman–Crippen LogP) is 2.41. The molecule has 0 aromatic carbocycles. The number of unbranched alkanes of at least 4 members (excludes halogenated alkanes) is 1. The van der Waals surface area contributed by atoms with Crippen molar-refractivity contribution in [3.8, 4) is 0 Å². The van der Waals surface area contributed by atoms with Crippen LogP contribution < -0.4 is 0 Å². The van der Waals surface area contributed by atoms with Crippen molar-refractivity contribution in [3.63, 3.8) is 0 Å². The molecule has 12 heteroatoms. The van der Waals surface area contributed by atoms with Gasteiger partial charge in [0.05, 0.1) is 26.4 Å². The zero-order valence-electron chi connectivity index (χ0n) is 25.3. The van der Waals surface area contributed by atoms with E-state index in [1.165, 1.54) is 9.80 Å². The summed E-state index contributed by atoms with van der Waals surface area (Å²) < 4.78 is 10.6. The summed E-state index contributed by atoms with van der Waals surface area (Å²) in [7, 11) is 0. The molecular formula is C28H46N4O8. The first-order valence-corrected chi connectivity index (χ1v) is 13.5. The lowest BCUT2D eigenvalue weighted by Crippen LogP contribution is -2.52. The van der Waals surface area contributed by atoms with Gasteiger partial charge < -0.3 is 19.3 Å². The Morgan fingerprint density at radius 3 is 1.30 bits per heavy atom. The summed E-state index contributed by atoms with van der Waals surface area (Å²) in [5, 5.41) is 3.16. The highest BCUT2D eigenvalue weighted by molar-refractivity contribution is 5.92. The topological polar surface area (TPSA) is 118 Å². The molecule has 2 aliphatic rings. The lowest BCUT2D eigenvalue weighted by molar-refractivity contribution is -0.246. The Morgan fingerprint density at radius 1 is 0.675 bits per heavy atom. The molecule has 226 valence electrons. The third-order valence-electron chi connectivity index (χ3n) is 7.15. The van der Waals surface area contributed by atoms with Gasteiger partial charge in [0.15, 0.2) is 0 Å². The van der Waals surface area contributed by atoms with Crippen LogP contribution in [0.3, 0.4) is 0 Å². The maximum absolute atomic E-state index is 13.0. The van der Waals surface area contributed by atoms with Gasteiger partial charge in [-0.15, -0.1) is 23.3 Å². The van der Waals surface area contributed by atoms with Crippen molar-refractivity contribution in [2.75, 3.05) is 39.5 Å². The normalized spacial score (nSPS) is 21.5. The van der Waals surface area contributed by atoms with Crippen LogP contribution in [0.4, 0.5) is 0 Å². The highest BCUT2D eigenvalue weighted by Crippen LogP contribution is 2.39. The molecule has 0 aliphatic carbocycles. The quantitative estimate of drug-likeness (QED) is 0.166. The lowest BCUT2D eigenvalue weighted by atomic mass is 10.1. The number of carbonyl (C=O) groups excluding carboxylic acids is 4. The number of ether oxygens (including phenoxy) is 2. The second kappa shape index (κ2) is 12.8. The van der Waals surface area contributed by atoms with Gasteiger partial charge in [-0.05, 0) is 68.2 Å². The molecule has 0 bridgehead atoms.